The Morgan fingerprint density at radius 1 is 1.27 bits per heavy atom. The summed E-state index contributed by atoms with van der Waals surface area (Å²) in [6.07, 6.45) is 0.0271. The van der Waals surface area contributed by atoms with E-state index >= 15 is 0 Å². The van der Waals surface area contributed by atoms with Gasteiger partial charge in [-0.15, -0.1) is 0 Å². The number of fused-ring (bicyclic) bond motifs is 1. The van der Waals surface area contributed by atoms with Crippen LogP contribution < -0.4 is 15.5 Å². The monoisotopic (exact) mass is 414 g/mol. The molecule has 0 saturated carbocycles. The lowest BCUT2D eigenvalue weighted by molar-refractivity contribution is -0.119. The molecule has 158 valence electrons. The van der Waals surface area contributed by atoms with Gasteiger partial charge in [0.25, 0.3) is 5.91 Å². The number of hydrogen-bond acceptors (Lipinski definition) is 6. The lowest BCUT2D eigenvalue weighted by Gasteiger charge is -2.42. The number of pyridine rings is 1. The zero-order valence-electron chi connectivity index (χ0n) is 16.6. The summed E-state index contributed by atoms with van der Waals surface area (Å²) in [6, 6.07) is 7.31. The van der Waals surface area contributed by atoms with Crippen LogP contribution in [0.3, 0.4) is 0 Å². The molecule has 0 radical (unpaired) electrons. The van der Waals surface area contributed by atoms with Crippen LogP contribution in [-0.4, -0.2) is 47.4 Å². The van der Waals surface area contributed by atoms with Gasteiger partial charge in [0.05, 0.1) is 37.2 Å². The molecule has 0 bridgehead atoms. The van der Waals surface area contributed by atoms with Crippen LogP contribution >= 0.6 is 0 Å². The number of nitrogens with one attached hydrogen (secondary N) is 2. The Balaban J connectivity index is 1.71. The van der Waals surface area contributed by atoms with Crippen LogP contribution in [0, 0.1) is 11.7 Å². The first kappa shape index (κ1) is 20.2. The van der Waals surface area contributed by atoms with Crippen molar-refractivity contribution in [2.75, 3.05) is 23.4 Å². The fourth-order valence-corrected chi connectivity index (χ4v) is 3.77. The molecule has 1 saturated heterocycles. The minimum absolute atomic E-state index is 0.0136. The van der Waals surface area contributed by atoms with Crippen molar-refractivity contribution in [1.29, 1.82) is 0 Å². The fraction of sp³-hybridized carbons (Fsp3) is 0.381. The number of benzene rings is 1. The number of aliphatic hydroxyl groups is 1. The SMILES string of the molecule is CC(=O)N1c2ccc(C(=O)NC3COC3)cc2[C@H](Nc2ccc(F)cn2)[C@@H](C)[C@@H]1O. The van der Waals surface area contributed by atoms with E-state index in [1.165, 1.54) is 24.0 Å². The van der Waals surface area contributed by atoms with Gasteiger partial charge in [-0.05, 0) is 35.9 Å². The summed E-state index contributed by atoms with van der Waals surface area (Å²) in [4.78, 5) is 30.2. The molecule has 8 nitrogen and oxygen atoms in total. The van der Waals surface area contributed by atoms with Gasteiger partial charge in [0, 0.05) is 18.4 Å². The Morgan fingerprint density at radius 3 is 2.63 bits per heavy atom. The molecule has 2 aromatic rings. The zero-order chi connectivity index (χ0) is 21.4. The van der Waals surface area contributed by atoms with Crippen LogP contribution in [-0.2, 0) is 9.53 Å². The van der Waals surface area contributed by atoms with E-state index < -0.39 is 24.0 Å². The summed E-state index contributed by atoms with van der Waals surface area (Å²) in [5.41, 5.74) is 1.62. The standard InChI is InChI=1S/C21H23FN4O4/c1-11-19(25-18-6-4-14(22)8-23-18)16-7-13(20(28)24-15-9-30-10-15)3-5-17(16)26(12(2)27)21(11)29/h3-8,11,15,19,21,29H,9-10H2,1-2H3,(H,23,25)(H,24,28)/t11-,19-,21+/m1/s1. The van der Waals surface area contributed by atoms with Gasteiger partial charge in [-0.2, -0.15) is 0 Å². The second-order valence-corrected chi connectivity index (χ2v) is 7.63. The van der Waals surface area contributed by atoms with Crippen molar-refractivity contribution in [2.45, 2.75) is 32.2 Å². The summed E-state index contributed by atoms with van der Waals surface area (Å²) >= 11 is 0. The maximum absolute atomic E-state index is 13.2. The third-order valence-electron chi connectivity index (χ3n) is 5.49. The van der Waals surface area contributed by atoms with Crippen molar-refractivity contribution in [3.63, 3.8) is 0 Å². The number of carbonyl (C=O) groups is 2. The maximum atomic E-state index is 13.2. The van der Waals surface area contributed by atoms with Gasteiger partial charge in [0.2, 0.25) is 5.91 Å². The number of halogens is 1. The van der Waals surface area contributed by atoms with Crippen LogP contribution in [0.2, 0.25) is 0 Å². The van der Waals surface area contributed by atoms with E-state index in [-0.39, 0.29) is 17.9 Å². The molecule has 1 aromatic heterocycles. The lowest BCUT2D eigenvalue weighted by atomic mass is 9.85. The number of ether oxygens (including phenoxy) is 1. The highest BCUT2D eigenvalue weighted by Crippen LogP contribution is 2.42. The highest BCUT2D eigenvalue weighted by atomic mass is 19.1. The number of rotatable bonds is 4. The quantitative estimate of drug-likeness (QED) is 0.705. The second-order valence-electron chi connectivity index (χ2n) is 7.63. The first-order valence-corrected chi connectivity index (χ1v) is 9.73. The van der Waals surface area contributed by atoms with Crippen LogP contribution in [0.1, 0.15) is 35.8 Å². The predicted molar refractivity (Wildman–Crippen MR) is 107 cm³/mol. The molecule has 3 heterocycles. The predicted octanol–water partition coefficient (Wildman–Crippen LogP) is 1.82. The van der Waals surface area contributed by atoms with E-state index in [1.807, 2.05) is 0 Å². The molecule has 2 amide bonds. The Morgan fingerprint density at radius 2 is 2.03 bits per heavy atom. The minimum atomic E-state index is -1.07. The van der Waals surface area contributed by atoms with Crippen molar-refractivity contribution in [1.82, 2.24) is 10.3 Å². The van der Waals surface area contributed by atoms with E-state index in [0.29, 0.717) is 35.8 Å². The smallest absolute Gasteiger partial charge is 0.251 e. The highest BCUT2D eigenvalue weighted by molar-refractivity contribution is 5.98. The molecule has 0 spiro atoms. The van der Waals surface area contributed by atoms with Crippen molar-refractivity contribution < 1.29 is 23.8 Å². The van der Waals surface area contributed by atoms with Crippen molar-refractivity contribution in [3.05, 3.63) is 53.5 Å². The first-order valence-electron chi connectivity index (χ1n) is 9.73. The van der Waals surface area contributed by atoms with Gasteiger partial charge in [0.15, 0.2) is 0 Å². The summed E-state index contributed by atoms with van der Waals surface area (Å²) in [5, 5.41) is 16.9. The summed E-state index contributed by atoms with van der Waals surface area (Å²) < 4.78 is 18.3. The van der Waals surface area contributed by atoms with Crippen LogP contribution in [0.15, 0.2) is 36.5 Å². The van der Waals surface area contributed by atoms with E-state index in [2.05, 4.69) is 15.6 Å². The van der Waals surface area contributed by atoms with Crippen molar-refractivity contribution in [2.24, 2.45) is 5.92 Å². The molecule has 3 N–H and O–H groups in total. The van der Waals surface area contributed by atoms with E-state index in [9.17, 15) is 19.1 Å². The Labute approximate surface area is 173 Å². The van der Waals surface area contributed by atoms with Gasteiger partial charge < -0.3 is 20.5 Å². The Kier molecular flexibility index (Phi) is 5.40. The molecule has 4 rings (SSSR count). The first-order chi connectivity index (χ1) is 14.3. The van der Waals surface area contributed by atoms with E-state index in [0.717, 1.165) is 6.20 Å². The third kappa shape index (κ3) is 3.73. The van der Waals surface area contributed by atoms with E-state index in [4.69, 9.17) is 4.74 Å². The van der Waals surface area contributed by atoms with Crippen LogP contribution in [0.4, 0.5) is 15.9 Å². The molecular weight excluding hydrogens is 391 g/mol. The van der Waals surface area contributed by atoms with Gasteiger partial charge in [-0.3, -0.25) is 14.5 Å². The molecular formula is C21H23FN4O4. The summed E-state index contributed by atoms with van der Waals surface area (Å²) in [5.74, 6) is -1.01. The minimum Gasteiger partial charge on any atom is -0.377 e. The van der Waals surface area contributed by atoms with Gasteiger partial charge >= 0.3 is 0 Å². The van der Waals surface area contributed by atoms with Crippen molar-refractivity contribution >= 4 is 23.3 Å². The molecule has 0 aliphatic carbocycles. The number of aliphatic hydroxyl groups excluding tert-OH is 1. The lowest BCUT2D eigenvalue weighted by Crippen LogP contribution is -2.50. The number of carbonyl (C=O) groups excluding carboxylic acids is 2. The number of aromatic nitrogens is 1. The number of amides is 2. The number of hydrogen-bond donors (Lipinski definition) is 3. The molecule has 9 heteroatoms. The fourth-order valence-electron chi connectivity index (χ4n) is 3.77. The van der Waals surface area contributed by atoms with Crippen LogP contribution in [0.5, 0.6) is 0 Å². The molecule has 30 heavy (non-hydrogen) atoms. The average Bonchev–Trinajstić information content (AvgIpc) is 2.69. The normalized spacial score (nSPS) is 23.3. The maximum Gasteiger partial charge on any atom is 0.251 e. The molecule has 1 aromatic carbocycles. The largest absolute Gasteiger partial charge is 0.377 e. The third-order valence-corrected chi connectivity index (χ3v) is 5.49. The second kappa shape index (κ2) is 8.00. The van der Waals surface area contributed by atoms with Gasteiger partial charge in [-0.25, -0.2) is 9.37 Å². The van der Waals surface area contributed by atoms with Gasteiger partial charge in [0.1, 0.15) is 17.9 Å². The van der Waals surface area contributed by atoms with Gasteiger partial charge in [-0.1, -0.05) is 6.92 Å². The Bertz CT molecular complexity index is 964. The molecule has 1 fully saturated rings. The molecule has 2 aliphatic heterocycles. The van der Waals surface area contributed by atoms with Crippen molar-refractivity contribution in [3.8, 4) is 0 Å². The Hall–Kier alpha value is -3.04. The van der Waals surface area contributed by atoms with Crippen LogP contribution in [0.25, 0.3) is 0 Å². The average molecular weight is 414 g/mol. The zero-order valence-corrected chi connectivity index (χ0v) is 16.6. The summed E-state index contributed by atoms with van der Waals surface area (Å²) in [6.45, 7) is 4.15. The number of anilines is 2. The number of nitrogens with zero attached hydrogens (tertiary/aromatic N) is 2. The molecule has 3 atom stereocenters. The molecule has 2 aliphatic rings. The molecule has 0 unspecified atom stereocenters. The summed E-state index contributed by atoms with van der Waals surface area (Å²) in [7, 11) is 0. The highest BCUT2D eigenvalue weighted by Gasteiger charge is 2.40. The van der Waals surface area contributed by atoms with E-state index in [1.54, 1.807) is 25.1 Å². The topological polar surface area (TPSA) is 104 Å².